The van der Waals surface area contributed by atoms with E-state index in [1.165, 1.54) is 0 Å². The molecule has 0 aliphatic heterocycles. The van der Waals surface area contributed by atoms with Crippen molar-refractivity contribution in [2.24, 2.45) is 16.7 Å². The lowest BCUT2D eigenvalue weighted by molar-refractivity contribution is -0.154. The van der Waals surface area contributed by atoms with E-state index in [-0.39, 0.29) is 22.7 Å². The van der Waals surface area contributed by atoms with Gasteiger partial charge in [-0.2, -0.15) is 5.26 Å². The Kier molecular flexibility index (Phi) is 9.89. The van der Waals surface area contributed by atoms with Crippen molar-refractivity contribution in [3.8, 4) is 17.6 Å². The molecular weight excluding hydrogens is 442 g/mol. The van der Waals surface area contributed by atoms with Gasteiger partial charge >= 0.3 is 11.9 Å². The Bertz CT molecular complexity index is 1010. The highest BCUT2D eigenvalue weighted by Crippen LogP contribution is 2.36. The standard InChI is InChI=1S/C29H37NO5/c1-28(2,3)19-25(29(4,5)6)27(32)34-18-8-7-17-33-23-13-15-24(16-14-23)35-26(31)22-11-9-21(20-30)10-12-22/h9-16,25H,7-8,17-19H2,1-6H3. The normalized spacial score (nSPS) is 12.4. The molecular formula is C29H37NO5. The largest absolute Gasteiger partial charge is 0.494 e. The molecule has 0 bridgehead atoms. The van der Waals surface area contributed by atoms with Crippen molar-refractivity contribution >= 4 is 11.9 Å². The zero-order chi connectivity index (χ0) is 26.1. The lowest BCUT2D eigenvalue weighted by Gasteiger charge is -2.33. The molecule has 0 amide bonds. The maximum absolute atomic E-state index is 12.6. The van der Waals surface area contributed by atoms with Gasteiger partial charge in [0.05, 0.1) is 36.3 Å². The molecule has 2 rings (SSSR count). The van der Waals surface area contributed by atoms with Crippen molar-refractivity contribution in [1.29, 1.82) is 5.26 Å². The lowest BCUT2D eigenvalue weighted by Crippen LogP contribution is -2.33. The molecule has 0 aliphatic rings. The number of nitriles is 1. The minimum Gasteiger partial charge on any atom is -0.494 e. The van der Waals surface area contributed by atoms with Crippen LogP contribution in [-0.4, -0.2) is 25.2 Å². The first-order valence-electron chi connectivity index (χ1n) is 12.0. The Balaban J connectivity index is 1.71. The van der Waals surface area contributed by atoms with Gasteiger partial charge in [-0.1, -0.05) is 41.5 Å². The number of ether oxygens (including phenoxy) is 3. The molecule has 188 valence electrons. The highest BCUT2D eigenvalue weighted by molar-refractivity contribution is 5.91. The first-order valence-corrected chi connectivity index (χ1v) is 12.0. The van der Waals surface area contributed by atoms with E-state index in [0.29, 0.717) is 35.8 Å². The molecule has 0 N–H and O–H groups in total. The van der Waals surface area contributed by atoms with Crippen LogP contribution >= 0.6 is 0 Å². The van der Waals surface area contributed by atoms with E-state index in [9.17, 15) is 9.59 Å². The van der Waals surface area contributed by atoms with E-state index in [0.717, 1.165) is 19.3 Å². The number of hydrogen-bond donors (Lipinski definition) is 0. The molecule has 0 saturated heterocycles. The topological polar surface area (TPSA) is 85.6 Å². The Morgan fingerprint density at radius 2 is 1.43 bits per heavy atom. The third-order valence-electron chi connectivity index (χ3n) is 5.48. The van der Waals surface area contributed by atoms with Gasteiger partial charge in [-0.15, -0.1) is 0 Å². The second-order valence-corrected chi connectivity index (χ2v) is 11.0. The van der Waals surface area contributed by atoms with Gasteiger partial charge < -0.3 is 14.2 Å². The zero-order valence-corrected chi connectivity index (χ0v) is 21.7. The lowest BCUT2D eigenvalue weighted by atomic mass is 9.72. The van der Waals surface area contributed by atoms with E-state index >= 15 is 0 Å². The summed E-state index contributed by atoms with van der Waals surface area (Å²) in [7, 11) is 0. The minimum atomic E-state index is -0.492. The second kappa shape index (κ2) is 12.4. The predicted molar refractivity (Wildman–Crippen MR) is 135 cm³/mol. The summed E-state index contributed by atoms with van der Waals surface area (Å²) in [5.41, 5.74) is 0.770. The van der Waals surface area contributed by atoms with Gasteiger partial charge in [0.1, 0.15) is 11.5 Å². The van der Waals surface area contributed by atoms with Crippen LogP contribution in [0.15, 0.2) is 48.5 Å². The highest BCUT2D eigenvalue weighted by atomic mass is 16.5. The second-order valence-electron chi connectivity index (χ2n) is 11.0. The van der Waals surface area contributed by atoms with Crippen molar-refractivity contribution in [3.05, 3.63) is 59.7 Å². The van der Waals surface area contributed by atoms with Crippen LogP contribution in [0.5, 0.6) is 11.5 Å². The highest BCUT2D eigenvalue weighted by Gasteiger charge is 2.35. The van der Waals surface area contributed by atoms with Crippen LogP contribution in [0.3, 0.4) is 0 Å². The summed E-state index contributed by atoms with van der Waals surface area (Å²) >= 11 is 0. The molecule has 2 aromatic carbocycles. The van der Waals surface area contributed by atoms with Gasteiger partial charge in [0.2, 0.25) is 0 Å². The summed E-state index contributed by atoms with van der Waals surface area (Å²) in [6.45, 7) is 13.5. The van der Waals surface area contributed by atoms with E-state index in [4.69, 9.17) is 19.5 Å². The summed E-state index contributed by atoms with van der Waals surface area (Å²) < 4.78 is 16.7. The molecule has 0 radical (unpaired) electrons. The summed E-state index contributed by atoms with van der Waals surface area (Å²) in [4.78, 5) is 24.9. The SMILES string of the molecule is CC(C)(C)CC(C(=O)OCCCCOc1ccc(OC(=O)c2ccc(C#N)cc2)cc1)C(C)(C)C. The molecule has 0 fully saturated rings. The fourth-order valence-electron chi connectivity index (χ4n) is 3.47. The Hall–Kier alpha value is -3.33. The van der Waals surface area contributed by atoms with Crippen LogP contribution in [0.25, 0.3) is 0 Å². The molecule has 35 heavy (non-hydrogen) atoms. The average molecular weight is 480 g/mol. The number of carbonyl (C=O) groups excluding carboxylic acids is 2. The summed E-state index contributed by atoms with van der Waals surface area (Å²) in [6, 6.07) is 15.1. The summed E-state index contributed by atoms with van der Waals surface area (Å²) in [5.74, 6) is 0.317. The van der Waals surface area contributed by atoms with E-state index < -0.39 is 5.97 Å². The maximum atomic E-state index is 12.6. The molecule has 1 atom stereocenters. The number of rotatable bonds is 10. The van der Waals surface area contributed by atoms with Gasteiger partial charge in [-0.3, -0.25) is 4.79 Å². The van der Waals surface area contributed by atoms with Crippen LogP contribution in [0.1, 0.15) is 76.7 Å². The third-order valence-corrected chi connectivity index (χ3v) is 5.48. The van der Waals surface area contributed by atoms with E-state index in [1.54, 1.807) is 48.5 Å². The predicted octanol–water partition coefficient (Wildman–Crippen LogP) is 6.58. The number of carbonyl (C=O) groups is 2. The van der Waals surface area contributed by atoms with Crippen LogP contribution in [-0.2, 0) is 9.53 Å². The summed E-state index contributed by atoms with van der Waals surface area (Å²) in [6.07, 6.45) is 2.26. The Morgan fingerprint density at radius 1 is 0.857 bits per heavy atom. The Labute approximate surface area is 209 Å². The van der Waals surface area contributed by atoms with Gasteiger partial charge in [-0.25, -0.2) is 4.79 Å². The molecule has 1 unspecified atom stereocenters. The molecule has 0 spiro atoms. The molecule has 0 aliphatic carbocycles. The monoisotopic (exact) mass is 479 g/mol. The molecule has 2 aromatic rings. The average Bonchev–Trinajstić information content (AvgIpc) is 2.79. The molecule has 6 heteroatoms. The molecule has 6 nitrogen and oxygen atoms in total. The van der Waals surface area contributed by atoms with Crippen molar-refractivity contribution in [3.63, 3.8) is 0 Å². The zero-order valence-electron chi connectivity index (χ0n) is 21.7. The number of unbranched alkanes of at least 4 members (excludes halogenated alkanes) is 1. The fourth-order valence-corrected chi connectivity index (χ4v) is 3.47. The quantitative estimate of drug-likeness (QED) is 0.217. The number of esters is 2. The van der Waals surface area contributed by atoms with Crippen LogP contribution in [0.4, 0.5) is 0 Å². The van der Waals surface area contributed by atoms with Crippen molar-refractivity contribution in [2.75, 3.05) is 13.2 Å². The third kappa shape index (κ3) is 9.82. The van der Waals surface area contributed by atoms with Crippen molar-refractivity contribution < 1.29 is 23.8 Å². The first kappa shape index (κ1) is 27.9. The van der Waals surface area contributed by atoms with E-state index in [1.807, 2.05) is 6.07 Å². The van der Waals surface area contributed by atoms with Gasteiger partial charge in [-0.05, 0) is 78.6 Å². The van der Waals surface area contributed by atoms with Gasteiger partial charge in [0, 0.05) is 0 Å². The smallest absolute Gasteiger partial charge is 0.343 e. The van der Waals surface area contributed by atoms with Crippen LogP contribution in [0, 0.1) is 28.1 Å². The number of hydrogen-bond acceptors (Lipinski definition) is 6. The molecule has 0 heterocycles. The number of nitrogens with zero attached hydrogens (tertiary/aromatic N) is 1. The van der Waals surface area contributed by atoms with E-state index in [2.05, 4.69) is 41.5 Å². The first-order chi connectivity index (χ1) is 16.4. The van der Waals surface area contributed by atoms with Crippen molar-refractivity contribution in [2.45, 2.75) is 60.8 Å². The maximum Gasteiger partial charge on any atom is 0.343 e. The van der Waals surface area contributed by atoms with Crippen LogP contribution < -0.4 is 9.47 Å². The number of benzene rings is 2. The van der Waals surface area contributed by atoms with Gasteiger partial charge in [0.25, 0.3) is 0 Å². The van der Waals surface area contributed by atoms with Gasteiger partial charge in [0.15, 0.2) is 0 Å². The molecule has 0 saturated carbocycles. The Morgan fingerprint density at radius 3 is 1.97 bits per heavy atom. The summed E-state index contributed by atoms with van der Waals surface area (Å²) in [5, 5.41) is 8.84. The minimum absolute atomic E-state index is 0.0579. The van der Waals surface area contributed by atoms with Crippen molar-refractivity contribution in [1.82, 2.24) is 0 Å². The fraction of sp³-hybridized carbons (Fsp3) is 0.483. The molecule has 0 aromatic heterocycles. The van der Waals surface area contributed by atoms with Crippen LogP contribution in [0.2, 0.25) is 0 Å².